The van der Waals surface area contributed by atoms with Crippen LogP contribution in [0.2, 0.25) is 0 Å². The van der Waals surface area contributed by atoms with Gasteiger partial charge in [-0.1, -0.05) is 0 Å². The Kier molecular flexibility index (Phi) is 4.48. The number of rotatable bonds is 3. The average Bonchev–Trinajstić information content (AvgIpc) is 2.87. The van der Waals surface area contributed by atoms with Crippen LogP contribution in [0.25, 0.3) is 0 Å². The van der Waals surface area contributed by atoms with E-state index in [4.69, 9.17) is 21.1 Å². The molecule has 0 N–H and O–H groups in total. The highest BCUT2D eigenvalue weighted by molar-refractivity contribution is 7.12. The molecule has 0 spiro atoms. The van der Waals surface area contributed by atoms with Crippen LogP contribution >= 0.6 is 22.9 Å². The number of nitrogens with zero attached hydrogens (tertiary/aromatic N) is 1. The van der Waals surface area contributed by atoms with E-state index in [-0.39, 0.29) is 18.1 Å². The van der Waals surface area contributed by atoms with E-state index in [1.54, 1.807) is 13.2 Å². The maximum atomic E-state index is 12.4. The number of thiophene rings is 1. The Balaban J connectivity index is 2.11. The van der Waals surface area contributed by atoms with Gasteiger partial charge in [-0.3, -0.25) is 4.79 Å². The lowest BCUT2D eigenvalue weighted by molar-refractivity contribution is -0.0370. The van der Waals surface area contributed by atoms with Crippen LogP contribution in [-0.2, 0) is 4.74 Å². The molecule has 1 fully saturated rings. The fourth-order valence-corrected chi connectivity index (χ4v) is 2.87. The Hall–Kier alpha value is -0.780. The number of carbonyl (C=O) groups is 1. The van der Waals surface area contributed by atoms with Crippen molar-refractivity contribution < 1.29 is 14.3 Å². The molecule has 2 atom stereocenters. The predicted octanol–water partition coefficient (Wildman–Crippen LogP) is 2.23. The second-order valence-corrected chi connectivity index (χ2v) is 5.49. The van der Waals surface area contributed by atoms with Crippen molar-refractivity contribution in [1.82, 2.24) is 4.90 Å². The molecule has 0 aromatic carbocycles. The number of amides is 1. The highest BCUT2D eigenvalue weighted by Gasteiger charge is 2.30. The molecule has 1 saturated heterocycles. The maximum absolute atomic E-state index is 12.4. The maximum Gasteiger partial charge on any atom is 0.264 e. The topological polar surface area (TPSA) is 38.8 Å². The summed E-state index contributed by atoms with van der Waals surface area (Å²) in [6, 6.07) is 1.84. The molecule has 2 heterocycles. The normalized spacial score (nSPS) is 24.1. The summed E-state index contributed by atoms with van der Waals surface area (Å²) in [6.45, 7) is 3.06. The lowest BCUT2D eigenvalue weighted by Crippen LogP contribution is -2.51. The molecule has 1 aromatic heterocycles. The number of carbonyl (C=O) groups excluding carboxylic acids is 1. The molecule has 4 nitrogen and oxygen atoms in total. The number of alkyl halides is 1. The Morgan fingerprint density at radius 2 is 2.50 bits per heavy atom. The molecular weight excluding hydrogens is 274 g/mol. The molecule has 1 aliphatic rings. The SMILES string of the molecule is COc1csc(C(=O)N2CC(CCl)OCC2C)c1. The highest BCUT2D eigenvalue weighted by Crippen LogP contribution is 2.24. The van der Waals surface area contributed by atoms with Crippen LogP contribution in [0.1, 0.15) is 16.6 Å². The molecule has 0 saturated carbocycles. The number of hydrogen-bond donors (Lipinski definition) is 0. The Labute approximate surface area is 115 Å². The minimum Gasteiger partial charge on any atom is -0.496 e. The van der Waals surface area contributed by atoms with Gasteiger partial charge >= 0.3 is 0 Å². The molecule has 1 aliphatic heterocycles. The number of hydrogen-bond acceptors (Lipinski definition) is 4. The van der Waals surface area contributed by atoms with Gasteiger partial charge in [-0.15, -0.1) is 22.9 Å². The molecular formula is C12H16ClNO3S. The number of ether oxygens (including phenoxy) is 2. The van der Waals surface area contributed by atoms with Crippen LogP contribution < -0.4 is 4.74 Å². The van der Waals surface area contributed by atoms with Gasteiger partial charge in [-0.05, 0) is 6.92 Å². The molecule has 2 rings (SSSR count). The predicted molar refractivity (Wildman–Crippen MR) is 71.8 cm³/mol. The lowest BCUT2D eigenvalue weighted by Gasteiger charge is -2.37. The fraction of sp³-hybridized carbons (Fsp3) is 0.583. The molecule has 0 radical (unpaired) electrons. The molecule has 2 unspecified atom stereocenters. The van der Waals surface area contributed by atoms with E-state index in [1.165, 1.54) is 11.3 Å². The monoisotopic (exact) mass is 289 g/mol. The van der Waals surface area contributed by atoms with Crippen molar-refractivity contribution in [3.8, 4) is 5.75 Å². The van der Waals surface area contributed by atoms with Crippen molar-refractivity contribution in [3.05, 3.63) is 16.3 Å². The van der Waals surface area contributed by atoms with Crippen LogP contribution in [0.15, 0.2) is 11.4 Å². The Morgan fingerprint density at radius 3 is 3.11 bits per heavy atom. The standard InChI is InChI=1S/C12H16ClNO3S/c1-8-6-17-10(4-13)5-14(8)12(15)11-3-9(16-2)7-18-11/h3,7-8,10H,4-6H2,1-2H3. The first kappa shape index (κ1) is 13.6. The van der Waals surface area contributed by atoms with E-state index in [0.717, 1.165) is 5.75 Å². The Morgan fingerprint density at radius 1 is 1.72 bits per heavy atom. The second kappa shape index (κ2) is 5.91. The quantitative estimate of drug-likeness (QED) is 0.801. The zero-order valence-electron chi connectivity index (χ0n) is 10.4. The molecule has 18 heavy (non-hydrogen) atoms. The molecule has 6 heteroatoms. The van der Waals surface area contributed by atoms with Gasteiger partial charge in [0.25, 0.3) is 5.91 Å². The van der Waals surface area contributed by atoms with E-state index < -0.39 is 0 Å². The molecule has 1 amide bonds. The third kappa shape index (κ3) is 2.79. The third-order valence-corrected chi connectivity index (χ3v) is 4.20. The van der Waals surface area contributed by atoms with Gasteiger partial charge in [0.2, 0.25) is 0 Å². The molecule has 0 bridgehead atoms. The van der Waals surface area contributed by atoms with Crippen molar-refractivity contribution >= 4 is 28.8 Å². The molecule has 100 valence electrons. The summed E-state index contributed by atoms with van der Waals surface area (Å²) in [5, 5.41) is 1.83. The van der Waals surface area contributed by atoms with Crippen molar-refractivity contribution in [1.29, 1.82) is 0 Å². The summed E-state index contributed by atoms with van der Waals surface area (Å²) < 4.78 is 10.6. The van der Waals surface area contributed by atoms with Crippen LogP contribution in [0, 0.1) is 0 Å². The summed E-state index contributed by atoms with van der Waals surface area (Å²) in [5.74, 6) is 1.15. The van der Waals surface area contributed by atoms with Crippen LogP contribution in [0.4, 0.5) is 0 Å². The van der Waals surface area contributed by atoms with Gasteiger partial charge in [-0.2, -0.15) is 0 Å². The summed E-state index contributed by atoms with van der Waals surface area (Å²) in [6.07, 6.45) is -0.0753. The third-order valence-electron chi connectivity index (χ3n) is 2.96. The summed E-state index contributed by atoms with van der Waals surface area (Å²) in [5.41, 5.74) is 0. The minimum absolute atomic E-state index is 0.0224. The average molecular weight is 290 g/mol. The van der Waals surface area contributed by atoms with E-state index in [9.17, 15) is 4.79 Å². The van der Waals surface area contributed by atoms with Gasteiger partial charge in [0.1, 0.15) is 5.75 Å². The smallest absolute Gasteiger partial charge is 0.264 e. The highest BCUT2D eigenvalue weighted by atomic mass is 35.5. The lowest BCUT2D eigenvalue weighted by atomic mass is 10.2. The van der Waals surface area contributed by atoms with Gasteiger partial charge in [0, 0.05) is 18.0 Å². The fourth-order valence-electron chi connectivity index (χ4n) is 1.87. The van der Waals surface area contributed by atoms with Crippen LogP contribution in [0.3, 0.4) is 0 Å². The minimum atomic E-state index is -0.0753. The first-order valence-corrected chi connectivity index (χ1v) is 7.18. The van der Waals surface area contributed by atoms with Crippen molar-refractivity contribution in [3.63, 3.8) is 0 Å². The first-order valence-electron chi connectivity index (χ1n) is 5.76. The zero-order valence-corrected chi connectivity index (χ0v) is 12.0. The largest absolute Gasteiger partial charge is 0.496 e. The number of morpholine rings is 1. The first-order chi connectivity index (χ1) is 8.65. The molecule has 1 aromatic rings. The summed E-state index contributed by atoms with van der Waals surface area (Å²) in [7, 11) is 1.59. The van der Waals surface area contributed by atoms with E-state index in [2.05, 4.69) is 0 Å². The van der Waals surface area contributed by atoms with Gasteiger partial charge < -0.3 is 14.4 Å². The van der Waals surface area contributed by atoms with Gasteiger partial charge in [0.05, 0.1) is 36.6 Å². The van der Waals surface area contributed by atoms with E-state index in [0.29, 0.717) is 23.9 Å². The number of halogens is 1. The van der Waals surface area contributed by atoms with Gasteiger partial charge in [-0.25, -0.2) is 0 Å². The summed E-state index contributed by atoms with van der Waals surface area (Å²) in [4.78, 5) is 14.9. The van der Waals surface area contributed by atoms with Crippen LogP contribution in [-0.4, -0.2) is 49.1 Å². The summed E-state index contributed by atoms with van der Waals surface area (Å²) >= 11 is 7.19. The van der Waals surface area contributed by atoms with Gasteiger partial charge in [0.15, 0.2) is 0 Å². The zero-order chi connectivity index (χ0) is 13.1. The van der Waals surface area contributed by atoms with E-state index >= 15 is 0 Å². The molecule has 0 aliphatic carbocycles. The van der Waals surface area contributed by atoms with E-state index in [1.807, 2.05) is 17.2 Å². The number of methoxy groups -OCH3 is 1. The van der Waals surface area contributed by atoms with Crippen molar-refractivity contribution in [2.75, 3.05) is 26.1 Å². The van der Waals surface area contributed by atoms with Crippen molar-refractivity contribution in [2.45, 2.75) is 19.1 Å². The second-order valence-electron chi connectivity index (χ2n) is 4.27. The Bertz CT molecular complexity index is 423. The van der Waals surface area contributed by atoms with Crippen LogP contribution in [0.5, 0.6) is 5.75 Å². The van der Waals surface area contributed by atoms with Crippen molar-refractivity contribution in [2.24, 2.45) is 0 Å².